The van der Waals surface area contributed by atoms with E-state index in [9.17, 15) is 10.1 Å². The van der Waals surface area contributed by atoms with E-state index in [0.29, 0.717) is 11.1 Å². The maximum absolute atomic E-state index is 10.6. The van der Waals surface area contributed by atoms with E-state index < -0.39 is 4.92 Å². The van der Waals surface area contributed by atoms with Gasteiger partial charge in [0.15, 0.2) is 0 Å². The summed E-state index contributed by atoms with van der Waals surface area (Å²) in [5.74, 6) is 0. The standard InChI is InChI=1S/C10H8N2O2/c1-7(2)8-4-3-5-10(12(13)14)9(8)6-11/h3-5H,1H2,2H3. The van der Waals surface area contributed by atoms with E-state index in [1.54, 1.807) is 19.1 Å². The van der Waals surface area contributed by atoms with Crippen molar-refractivity contribution in [1.82, 2.24) is 0 Å². The number of nitro groups is 1. The smallest absolute Gasteiger partial charge is 0.258 e. The molecule has 0 heterocycles. The van der Waals surface area contributed by atoms with Crippen LogP contribution in [0.2, 0.25) is 0 Å². The minimum Gasteiger partial charge on any atom is -0.258 e. The van der Waals surface area contributed by atoms with Crippen LogP contribution in [0.4, 0.5) is 5.69 Å². The first kappa shape index (κ1) is 9.93. The van der Waals surface area contributed by atoms with Crippen molar-refractivity contribution in [2.24, 2.45) is 0 Å². The zero-order chi connectivity index (χ0) is 10.7. The minimum atomic E-state index is -0.564. The summed E-state index contributed by atoms with van der Waals surface area (Å²) >= 11 is 0. The Morgan fingerprint density at radius 2 is 2.29 bits per heavy atom. The predicted molar refractivity (Wildman–Crippen MR) is 52.5 cm³/mol. The van der Waals surface area contributed by atoms with Crippen molar-refractivity contribution in [1.29, 1.82) is 5.26 Å². The minimum absolute atomic E-state index is 0.0741. The number of nitro benzene ring substituents is 1. The van der Waals surface area contributed by atoms with E-state index in [-0.39, 0.29) is 11.3 Å². The second-order valence-electron chi connectivity index (χ2n) is 2.85. The van der Waals surface area contributed by atoms with Gasteiger partial charge in [-0.2, -0.15) is 5.26 Å². The highest BCUT2D eigenvalue weighted by molar-refractivity contribution is 5.71. The number of nitrogens with zero attached hydrogens (tertiary/aromatic N) is 2. The Labute approximate surface area is 81.2 Å². The lowest BCUT2D eigenvalue weighted by Crippen LogP contribution is -1.95. The van der Waals surface area contributed by atoms with Gasteiger partial charge in [0.05, 0.1) is 4.92 Å². The Kier molecular flexibility index (Phi) is 2.63. The van der Waals surface area contributed by atoms with Crippen molar-refractivity contribution >= 4 is 11.3 Å². The normalized spacial score (nSPS) is 9.14. The molecule has 70 valence electrons. The second-order valence-corrected chi connectivity index (χ2v) is 2.85. The summed E-state index contributed by atoms with van der Waals surface area (Å²) in [6, 6.07) is 6.33. The van der Waals surface area contributed by atoms with Gasteiger partial charge in [-0.1, -0.05) is 18.7 Å². The number of hydrogen-bond acceptors (Lipinski definition) is 3. The summed E-state index contributed by atoms with van der Waals surface area (Å²) in [6.07, 6.45) is 0. The Morgan fingerprint density at radius 1 is 1.64 bits per heavy atom. The van der Waals surface area contributed by atoms with Gasteiger partial charge in [-0.15, -0.1) is 0 Å². The fourth-order valence-corrected chi connectivity index (χ4v) is 1.17. The summed E-state index contributed by atoms with van der Waals surface area (Å²) in [5.41, 5.74) is 1.07. The Hall–Kier alpha value is -2.15. The van der Waals surface area contributed by atoms with E-state index in [4.69, 9.17) is 5.26 Å². The van der Waals surface area contributed by atoms with Crippen LogP contribution >= 0.6 is 0 Å². The molecule has 0 aliphatic heterocycles. The summed E-state index contributed by atoms with van der Waals surface area (Å²) in [5, 5.41) is 19.4. The van der Waals surface area contributed by atoms with Crippen LogP contribution in [0.5, 0.6) is 0 Å². The number of hydrogen-bond donors (Lipinski definition) is 0. The van der Waals surface area contributed by atoms with E-state index in [2.05, 4.69) is 6.58 Å². The van der Waals surface area contributed by atoms with Crippen molar-refractivity contribution in [2.45, 2.75) is 6.92 Å². The molecule has 0 aliphatic rings. The second kappa shape index (κ2) is 3.71. The maximum Gasteiger partial charge on any atom is 0.287 e. The SMILES string of the molecule is C=C(C)c1cccc([N+](=O)[O-])c1C#N. The first-order chi connectivity index (χ1) is 6.57. The molecular weight excluding hydrogens is 180 g/mol. The summed E-state index contributed by atoms with van der Waals surface area (Å²) in [7, 11) is 0. The van der Waals surface area contributed by atoms with Gasteiger partial charge < -0.3 is 0 Å². The van der Waals surface area contributed by atoms with Crippen LogP contribution in [0.15, 0.2) is 24.8 Å². The Morgan fingerprint density at radius 3 is 2.71 bits per heavy atom. The molecule has 0 saturated heterocycles. The number of rotatable bonds is 2. The average molecular weight is 188 g/mol. The topological polar surface area (TPSA) is 66.9 Å². The third-order valence-electron chi connectivity index (χ3n) is 1.81. The largest absolute Gasteiger partial charge is 0.287 e. The first-order valence-corrected chi connectivity index (χ1v) is 3.91. The Bertz CT molecular complexity index is 412. The molecule has 0 N–H and O–H groups in total. The lowest BCUT2D eigenvalue weighted by Gasteiger charge is -2.02. The molecule has 0 fully saturated rings. The van der Waals surface area contributed by atoms with E-state index >= 15 is 0 Å². The van der Waals surface area contributed by atoms with Crippen molar-refractivity contribution in [3.05, 3.63) is 46.0 Å². The molecule has 0 aromatic heterocycles. The van der Waals surface area contributed by atoms with Crippen LogP contribution in [-0.2, 0) is 0 Å². The highest BCUT2D eigenvalue weighted by Gasteiger charge is 2.16. The monoisotopic (exact) mass is 188 g/mol. The highest BCUT2D eigenvalue weighted by atomic mass is 16.6. The number of benzene rings is 1. The van der Waals surface area contributed by atoms with Gasteiger partial charge >= 0.3 is 0 Å². The fourth-order valence-electron chi connectivity index (χ4n) is 1.17. The van der Waals surface area contributed by atoms with Gasteiger partial charge in [-0.05, 0) is 12.5 Å². The molecule has 0 radical (unpaired) electrons. The quantitative estimate of drug-likeness (QED) is 0.529. The molecule has 1 rings (SSSR count). The maximum atomic E-state index is 10.6. The van der Waals surface area contributed by atoms with Gasteiger partial charge in [-0.3, -0.25) is 10.1 Å². The summed E-state index contributed by atoms with van der Waals surface area (Å²) in [6.45, 7) is 5.37. The van der Waals surface area contributed by atoms with Gasteiger partial charge in [0.1, 0.15) is 11.6 Å². The van der Waals surface area contributed by atoms with E-state index in [0.717, 1.165) is 0 Å². The van der Waals surface area contributed by atoms with Crippen LogP contribution in [0.3, 0.4) is 0 Å². The molecule has 0 saturated carbocycles. The first-order valence-electron chi connectivity index (χ1n) is 3.91. The van der Waals surface area contributed by atoms with Crippen LogP contribution in [0, 0.1) is 21.4 Å². The summed E-state index contributed by atoms with van der Waals surface area (Å²) in [4.78, 5) is 10.0. The molecule has 4 heteroatoms. The molecule has 0 bridgehead atoms. The van der Waals surface area contributed by atoms with Crippen molar-refractivity contribution in [2.75, 3.05) is 0 Å². The fraction of sp³-hybridized carbons (Fsp3) is 0.100. The highest BCUT2D eigenvalue weighted by Crippen LogP contribution is 2.25. The van der Waals surface area contributed by atoms with Gasteiger partial charge in [0.2, 0.25) is 0 Å². The van der Waals surface area contributed by atoms with Crippen LogP contribution < -0.4 is 0 Å². The van der Waals surface area contributed by atoms with Gasteiger partial charge in [-0.25, -0.2) is 0 Å². The predicted octanol–water partition coefficient (Wildman–Crippen LogP) is 2.50. The molecule has 0 amide bonds. The van der Waals surface area contributed by atoms with Gasteiger partial charge in [0.25, 0.3) is 5.69 Å². The molecule has 1 aromatic rings. The van der Waals surface area contributed by atoms with E-state index in [1.165, 1.54) is 6.07 Å². The Balaban J connectivity index is 3.50. The van der Waals surface area contributed by atoms with Gasteiger partial charge in [0, 0.05) is 11.6 Å². The van der Waals surface area contributed by atoms with Crippen molar-refractivity contribution in [3.63, 3.8) is 0 Å². The lowest BCUT2D eigenvalue weighted by atomic mass is 10.0. The third-order valence-corrected chi connectivity index (χ3v) is 1.81. The molecule has 0 spiro atoms. The lowest BCUT2D eigenvalue weighted by molar-refractivity contribution is -0.385. The molecular formula is C10H8N2O2. The number of nitriles is 1. The third kappa shape index (κ3) is 1.62. The van der Waals surface area contributed by atoms with E-state index in [1.807, 2.05) is 6.07 Å². The molecule has 14 heavy (non-hydrogen) atoms. The van der Waals surface area contributed by atoms with Crippen molar-refractivity contribution < 1.29 is 4.92 Å². The number of allylic oxidation sites excluding steroid dienone is 1. The summed E-state index contributed by atoms with van der Waals surface area (Å²) < 4.78 is 0. The molecule has 0 aliphatic carbocycles. The van der Waals surface area contributed by atoms with Crippen LogP contribution in [-0.4, -0.2) is 4.92 Å². The van der Waals surface area contributed by atoms with Crippen molar-refractivity contribution in [3.8, 4) is 6.07 Å². The van der Waals surface area contributed by atoms with Crippen LogP contribution in [0.1, 0.15) is 18.1 Å². The molecule has 0 atom stereocenters. The molecule has 0 unspecified atom stereocenters. The zero-order valence-corrected chi connectivity index (χ0v) is 7.65. The zero-order valence-electron chi connectivity index (χ0n) is 7.65. The van der Waals surface area contributed by atoms with Crippen LogP contribution in [0.25, 0.3) is 5.57 Å². The molecule has 1 aromatic carbocycles. The molecule has 4 nitrogen and oxygen atoms in total. The average Bonchev–Trinajstić information content (AvgIpc) is 2.16.